The molecule has 0 radical (unpaired) electrons. The SMILES string of the molecule is CCOc1ccc(NC(=O)CSc2nncn2-c2ccc(C)cc2)cc1. The van der Waals surface area contributed by atoms with Crippen molar-refractivity contribution >= 4 is 23.4 Å². The Bertz CT molecular complexity index is 860. The molecule has 1 heterocycles. The molecule has 0 spiro atoms. The highest BCUT2D eigenvalue weighted by molar-refractivity contribution is 7.99. The number of nitrogens with zero attached hydrogens (tertiary/aromatic N) is 3. The van der Waals surface area contributed by atoms with Crippen molar-refractivity contribution in [2.24, 2.45) is 0 Å². The smallest absolute Gasteiger partial charge is 0.234 e. The first-order valence-electron chi connectivity index (χ1n) is 8.28. The quantitative estimate of drug-likeness (QED) is 0.644. The second kappa shape index (κ2) is 8.53. The standard InChI is InChI=1S/C19H20N4O2S/c1-3-25-17-10-6-15(7-11-17)21-18(24)12-26-19-22-20-13-23(19)16-8-4-14(2)5-9-16/h4-11,13H,3,12H2,1-2H3,(H,21,24). The Morgan fingerprint density at radius 2 is 1.88 bits per heavy atom. The first-order valence-corrected chi connectivity index (χ1v) is 9.27. The highest BCUT2D eigenvalue weighted by Crippen LogP contribution is 2.21. The molecule has 2 aromatic carbocycles. The number of amides is 1. The molecule has 3 aromatic rings. The number of ether oxygens (including phenoxy) is 1. The van der Waals surface area contributed by atoms with E-state index in [0.717, 1.165) is 17.1 Å². The lowest BCUT2D eigenvalue weighted by atomic mass is 10.2. The molecule has 0 aliphatic rings. The highest BCUT2D eigenvalue weighted by atomic mass is 32.2. The summed E-state index contributed by atoms with van der Waals surface area (Å²) in [5.74, 6) is 0.932. The Morgan fingerprint density at radius 3 is 2.58 bits per heavy atom. The van der Waals surface area contributed by atoms with E-state index in [1.165, 1.54) is 17.3 Å². The molecule has 26 heavy (non-hydrogen) atoms. The lowest BCUT2D eigenvalue weighted by Crippen LogP contribution is -2.14. The summed E-state index contributed by atoms with van der Waals surface area (Å²) in [6.45, 7) is 4.59. The van der Waals surface area contributed by atoms with Gasteiger partial charge in [0.2, 0.25) is 5.91 Å². The lowest BCUT2D eigenvalue weighted by molar-refractivity contribution is -0.113. The van der Waals surface area contributed by atoms with E-state index < -0.39 is 0 Å². The Kier molecular flexibility index (Phi) is 5.91. The van der Waals surface area contributed by atoms with Crippen molar-refractivity contribution in [1.29, 1.82) is 0 Å². The molecule has 0 saturated carbocycles. The fraction of sp³-hybridized carbons (Fsp3) is 0.211. The maximum absolute atomic E-state index is 12.2. The van der Waals surface area contributed by atoms with Gasteiger partial charge in [-0.2, -0.15) is 0 Å². The third-order valence-electron chi connectivity index (χ3n) is 3.61. The Balaban J connectivity index is 1.58. The fourth-order valence-electron chi connectivity index (χ4n) is 2.33. The zero-order valence-corrected chi connectivity index (χ0v) is 15.5. The van der Waals surface area contributed by atoms with Crippen LogP contribution in [0.3, 0.4) is 0 Å². The predicted molar refractivity (Wildman–Crippen MR) is 103 cm³/mol. The van der Waals surface area contributed by atoms with Gasteiger partial charge in [-0.15, -0.1) is 10.2 Å². The van der Waals surface area contributed by atoms with Gasteiger partial charge in [0.1, 0.15) is 12.1 Å². The van der Waals surface area contributed by atoms with Crippen LogP contribution in [0.1, 0.15) is 12.5 Å². The summed E-state index contributed by atoms with van der Waals surface area (Å²) in [6, 6.07) is 15.4. The molecule has 0 fully saturated rings. The second-order valence-electron chi connectivity index (χ2n) is 5.61. The van der Waals surface area contributed by atoms with Gasteiger partial charge in [-0.05, 0) is 50.2 Å². The molecule has 0 saturated heterocycles. The predicted octanol–water partition coefficient (Wildman–Crippen LogP) is 3.71. The number of hydrogen-bond acceptors (Lipinski definition) is 5. The minimum atomic E-state index is -0.0994. The number of rotatable bonds is 7. The summed E-state index contributed by atoms with van der Waals surface area (Å²) < 4.78 is 7.26. The van der Waals surface area contributed by atoms with Crippen LogP contribution >= 0.6 is 11.8 Å². The molecular weight excluding hydrogens is 348 g/mol. The molecule has 1 aromatic heterocycles. The molecule has 1 amide bonds. The van der Waals surface area contributed by atoms with Crippen LogP contribution in [0.25, 0.3) is 5.69 Å². The highest BCUT2D eigenvalue weighted by Gasteiger charge is 2.10. The van der Waals surface area contributed by atoms with E-state index in [0.29, 0.717) is 11.8 Å². The number of nitrogens with one attached hydrogen (secondary N) is 1. The Labute approximate surface area is 156 Å². The number of anilines is 1. The molecule has 134 valence electrons. The van der Waals surface area contributed by atoms with Crippen LogP contribution in [0.4, 0.5) is 5.69 Å². The summed E-state index contributed by atoms with van der Waals surface area (Å²) in [7, 11) is 0. The third kappa shape index (κ3) is 4.64. The third-order valence-corrected chi connectivity index (χ3v) is 4.55. The average Bonchev–Trinajstić information content (AvgIpc) is 3.11. The van der Waals surface area contributed by atoms with Crippen molar-refractivity contribution in [1.82, 2.24) is 14.8 Å². The maximum Gasteiger partial charge on any atom is 0.234 e. The van der Waals surface area contributed by atoms with Crippen molar-refractivity contribution in [3.63, 3.8) is 0 Å². The summed E-state index contributed by atoms with van der Waals surface area (Å²) in [5.41, 5.74) is 2.89. The van der Waals surface area contributed by atoms with Crippen molar-refractivity contribution in [2.45, 2.75) is 19.0 Å². The van der Waals surface area contributed by atoms with E-state index in [1.807, 2.05) is 66.9 Å². The van der Waals surface area contributed by atoms with Gasteiger partial charge in [-0.3, -0.25) is 9.36 Å². The molecule has 0 atom stereocenters. The van der Waals surface area contributed by atoms with Gasteiger partial charge in [0.15, 0.2) is 5.16 Å². The van der Waals surface area contributed by atoms with E-state index in [-0.39, 0.29) is 11.7 Å². The molecule has 7 heteroatoms. The van der Waals surface area contributed by atoms with Crippen molar-refractivity contribution in [2.75, 3.05) is 17.7 Å². The number of thioether (sulfide) groups is 1. The van der Waals surface area contributed by atoms with Crippen LogP contribution in [0.2, 0.25) is 0 Å². The number of carbonyl (C=O) groups excluding carboxylic acids is 1. The first kappa shape index (κ1) is 18.0. The first-order chi connectivity index (χ1) is 12.7. The summed E-state index contributed by atoms with van der Waals surface area (Å²) >= 11 is 1.34. The monoisotopic (exact) mass is 368 g/mol. The van der Waals surface area contributed by atoms with E-state index in [9.17, 15) is 4.79 Å². The van der Waals surface area contributed by atoms with E-state index >= 15 is 0 Å². The van der Waals surface area contributed by atoms with E-state index in [4.69, 9.17) is 4.74 Å². The number of carbonyl (C=O) groups is 1. The van der Waals surface area contributed by atoms with Gasteiger partial charge in [-0.25, -0.2) is 0 Å². The number of hydrogen-bond donors (Lipinski definition) is 1. The van der Waals surface area contributed by atoms with Crippen LogP contribution in [-0.2, 0) is 4.79 Å². The summed E-state index contributed by atoms with van der Waals surface area (Å²) in [6.07, 6.45) is 1.65. The van der Waals surface area contributed by atoms with Gasteiger partial charge < -0.3 is 10.1 Å². The molecule has 0 aliphatic carbocycles. The van der Waals surface area contributed by atoms with Crippen molar-refractivity contribution in [3.8, 4) is 11.4 Å². The second-order valence-corrected chi connectivity index (χ2v) is 6.56. The minimum absolute atomic E-state index is 0.0994. The molecule has 6 nitrogen and oxygen atoms in total. The summed E-state index contributed by atoms with van der Waals surface area (Å²) in [4.78, 5) is 12.2. The molecule has 3 rings (SSSR count). The zero-order valence-electron chi connectivity index (χ0n) is 14.7. The van der Waals surface area contributed by atoms with Crippen LogP contribution < -0.4 is 10.1 Å². The number of benzene rings is 2. The van der Waals surface area contributed by atoms with Crippen LogP contribution in [0.5, 0.6) is 5.75 Å². The zero-order chi connectivity index (χ0) is 18.4. The fourth-order valence-corrected chi connectivity index (χ4v) is 3.06. The molecule has 0 bridgehead atoms. The van der Waals surface area contributed by atoms with Crippen molar-refractivity contribution < 1.29 is 9.53 Å². The number of aryl methyl sites for hydroxylation is 1. The van der Waals surface area contributed by atoms with Gasteiger partial charge in [0, 0.05) is 11.4 Å². The maximum atomic E-state index is 12.2. The minimum Gasteiger partial charge on any atom is -0.494 e. The van der Waals surface area contributed by atoms with Gasteiger partial charge >= 0.3 is 0 Å². The van der Waals surface area contributed by atoms with Gasteiger partial charge in [-0.1, -0.05) is 29.5 Å². The normalized spacial score (nSPS) is 10.5. The number of aromatic nitrogens is 3. The van der Waals surface area contributed by atoms with Crippen LogP contribution in [0.15, 0.2) is 60.0 Å². The van der Waals surface area contributed by atoms with Crippen LogP contribution in [0, 0.1) is 6.92 Å². The molecular formula is C19H20N4O2S. The Morgan fingerprint density at radius 1 is 1.15 bits per heavy atom. The molecule has 0 unspecified atom stereocenters. The van der Waals surface area contributed by atoms with Crippen LogP contribution in [-0.4, -0.2) is 33.0 Å². The van der Waals surface area contributed by atoms with E-state index in [1.54, 1.807) is 6.33 Å². The Hall–Kier alpha value is -2.80. The average molecular weight is 368 g/mol. The van der Waals surface area contributed by atoms with Crippen molar-refractivity contribution in [3.05, 3.63) is 60.4 Å². The topological polar surface area (TPSA) is 69.0 Å². The molecule has 0 aliphatic heterocycles. The molecule has 1 N–H and O–H groups in total. The lowest BCUT2D eigenvalue weighted by Gasteiger charge is -2.08. The largest absolute Gasteiger partial charge is 0.494 e. The van der Waals surface area contributed by atoms with Gasteiger partial charge in [0.05, 0.1) is 12.4 Å². The van der Waals surface area contributed by atoms with Gasteiger partial charge in [0.25, 0.3) is 0 Å². The van der Waals surface area contributed by atoms with E-state index in [2.05, 4.69) is 15.5 Å². The summed E-state index contributed by atoms with van der Waals surface area (Å²) in [5, 5.41) is 11.6.